The second-order valence-electron chi connectivity index (χ2n) is 1.81. The Morgan fingerprint density at radius 1 is 1.50 bits per heavy atom. The van der Waals surface area contributed by atoms with E-state index in [0.717, 1.165) is 5.70 Å². The van der Waals surface area contributed by atoms with Crippen LogP contribution >= 0.6 is 0 Å². The van der Waals surface area contributed by atoms with E-state index in [1.54, 1.807) is 0 Å². The SMILES string of the molecule is C=C/C(=C\C)N(C)C. The van der Waals surface area contributed by atoms with Crippen LogP contribution in [-0.4, -0.2) is 19.0 Å². The van der Waals surface area contributed by atoms with Gasteiger partial charge in [0.15, 0.2) is 0 Å². The molecule has 1 heteroatoms. The molecule has 8 heavy (non-hydrogen) atoms. The lowest BCUT2D eigenvalue weighted by molar-refractivity contribution is 0.529. The number of likely N-dealkylation sites (N-methyl/N-ethyl adjacent to an activating group) is 1. The Kier molecular flexibility index (Phi) is 3.01. The second kappa shape index (κ2) is 3.30. The first-order valence-electron chi connectivity index (χ1n) is 2.68. The summed E-state index contributed by atoms with van der Waals surface area (Å²) in [4.78, 5) is 2.02. The van der Waals surface area contributed by atoms with Crippen molar-refractivity contribution in [3.8, 4) is 0 Å². The fourth-order valence-electron chi connectivity index (χ4n) is 0.559. The minimum Gasteiger partial charge on any atom is -0.378 e. The maximum Gasteiger partial charge on any atom is 0.0311 e. The van der Waals surface area contributed by atoms with E-state index in [-0.39, 0.29) is 0 Å². The molecule has 0 N–H and O–H groups in total. The highest BCUT2D eigenvalue weighted by molar-refractivity contribution is 5.12. The second-order valence-corrected chi connectivity index (χ2v) is 1.81. The molecule has 0 radical (unpaired) electrons. The van der Waals surface area contributed by atoms with Crippen LogP contribution in [0.5, 0.6) is 0 Å². The summed E-state index contributed by atoms with van der Waals surface area (Å²) in [5.41, 5.74) is 1.16. The third-order valence-corrected chi connectivity index (χ3v) is 1.02. The summed E-state index contributed by atoms with van der Waals surface area (Å²) >= 11 is 0. The zero-order chi connectivity index (χ0) is 6.57. The number of rotatable bonds is 2. The lowest BCUT2D eigenvalue weighted by Crippen LogP contribution is -2.07. The molecule has 0 spiro atoms. The van der Waals surface area contributed by atoms with E-state index in [1.165, 1.54) is 0 Å². The van der Waals surface area contributed by atoms with Gasteiger partial charge in [-0.1, -0.05) is 12.7 Å². The molecule has 0 aliphatic rings. The predicted molar refractivity (Wildman–Crippen MR) is 37.6 cm³/mol. The van der Waals surface area contributed by atoms with Crippen LogP contribution in [0.3, 0.4) is 0 Å². The van der Waals surface area contributed by atoms with E-state index < -0.39 is 0 Å². The molecule has 0 aliphatic heterocycles. The topological polar surface area (TPSA) is 3.24 Å². The highest BCUT2D eigenvalue weighted by Gasteiger charge is 1.86. The lowest BCUT2D eigenvalue weighted by Gasteiger charge is -2.11. The molecular weight excluding hydrogens is 98.1 g/mol. The Morgan fingerprint density at radius 3 is 2.00 bits per heavy atom. The molecule has 0 aromatic carbocycles. The van der Waals surface area contributed by atoms with E-state index >= 15 is 0 Å². The third kappa shape index (κ3) is 1.82. The number of hydrogen-bond acceptors (Lipinski definition) is 1. The number of allylic oxidation sites excluding steroid dienone is 2. The van der Waals surface area contributed by atoms with Crippen LogP contribution in [0.2, 0.25) is 0 Å². The Hall–Kier alpha value is -0.720. The Balaban J connectivity index is 3.91. The molecule has 0 fully saturated rings. The van der Waals surface area contributed by atoms with Crippen molar-refractivity contribution in [2.75, 3.05) is 14.1 Å². The van der Waals surface area contributed by atoms with E-state index in [1.807, 2.05) is 38.1 Å². The predicted octanol–water partition coefficient (Wildman–Crippen LogP) is 1.64. The van der Waals surface area contributed by atoms with Gasteiger partial charge in [-0.25, -0.2) is 0 Å². The maximum atomic E-state index is 3.64. The quantitative estimate of drug-likeness (QED) is 0.490. The fraction of sp³-hybridized carbons (Fsp3) is 0.429. The molecule has 0 amide bonds. The van der Waals surface area contributed by atoms with Crippen molar-refractivity contribution in [1.82, 2.24) is 4.90 Å². The van der Waals surface area contributed by atoms with Gasteiger partial charge >= 0.3 is 0 Å². The summed E-state index contributed by atoms with van der Waals surface area (Å²) in [6, 6.07) is 0. The van der Waals surface area contributed by atoms with Crippen LogP contribution in [0.4, 0.5) is 0 Å². The van der Waals surface area contributed by atoms with Crippen molar-refractivity contribution in [2.24, 2.45) is 0 Å². The van der Waals surface area contributed by atoms with Gasteiger partial charge in [-0.2, -0.15) is 0 Å². The van der Waals surface area contributed by atoms with Crippen LogP contribution in [0.1, 0.15) is 6.92 Å². The van der Waals surface area contributed by atoms with Crippen molar-refractivity contribution in [3.05, 3.63) is 24.4 Å². The summed E-state index contributed by atoms with van der Waals surface area (Å²) < 4.78 is 0. The summed E-state index contributed by atoms with van der Waals surface area (Å²) in [5, 5.41) is 0. The smallest absolute Gasteiger partial charge is 0.0311 e. The summed E-state index contributed by atoms with van der Waals surface area (Å²) in [6.07, 6.45) is 3.85. The summed E-state index contributed by atoms with van der Waals surface area (Å²) in [6.45, 7) is 5.64. The average molecular weight is 111 g/mol. The Morgan fingerprint density at radius 2 is 2.00 bits per heavy atom. The van der Waals surface area contributed by atoms with Gasteiger partial charge < -0.3 is 4.90 Å². The molecular formula is C7H13N. The fourth-order valence-corrected chi connectivity index (χ4v) is 0.559. The van der Waals surface area contributed by atoms with Crippen molar-refractivity contribution < 1.29 is 0 Å². The Bertz CT molecular complexity index is 101. The summed E-state index contributed by atoms with van der Waals surface area (Å²) in [5.74, 6) is 0. The number of hydrogen-bond donors (Lipinski definition) is 0. The minimum absolute atomic E-state index is 1.16. The molecule has 0 aromatic rings. The molecule has 0 atom stereocenters. The third-order valence-electron chi connectivity index (χ3n) is 1.02. The molecule has 0 saturated heterocycles. The van der Waals surface area contributed by atoms with Crippen molar-refractivity contribution in [1.29, 1.82) is 0 Å². The van der Waals surface area contributed by atoms with Gasteiger partial charge in [0.25, 0.3) is 0 Å². The molecule has 0 saturated carbocycles. The van der Waals surface area contributed by atoms with Gasteiger partial charge in [0.2, 0.25) is 0 Å². The van der Waals surface area contributed by atoms with Crippen molar-refractivity contribution in [3.63, 3.8) is 0 Å². The first kappa shape index (κ1) is 7.28. The molecule has 0 rings (SSSR count). The highest BCUT2D eigenvalue weighted by Crippen LogP contribution is 1.96. The van der Waals surface area contributed by atoms with Gasteiger partial charge in [0.05, 0.1) is 0 Å². The van der Waals surface area contributed by atoms with Gasteiger partial charge in [-0.05, 0) is 13.0 Å². The monoisotopic (exact) mass is 111 g/mol. The van der Waals surface area contributed by atoms with E-state index in [0.29, 0.717) is 0 Å². The average Bonchev–Trinajstić information content (AvgIpc) is 1.69. The zero-order valence-corrected chi connectivity index (χ0v) is 5.81. The molecule has 0 unspecified atom stereocenters. The minimum atomic E-state index is 1.16. The molecule has 0 aliphatic carbocycles. The maximum absolute atomic E-state index is 3.64. The molecule has 0 heterocycles. The molecule has 0 aromatic heterocycles. The van der Waals surface area contributed by atoms with E-state index in [2.05, 4.69) is 6.58 Å². The van der Waals surface area contributed by atoms with Crippen LogP contribution in [0.15, 0.2) is 24.4 Å². The lowest BCUT2D eigenvalue weighted by atomic mass is 10.4. The first-order chi connectivity index (χ1) is 3.72. The normalized spacial score (nSPS) is 11.1. The van der Waals surface area contributed by atoms with Gasteiger partial charge in [-0.15, -0.1) is 0 Å². The highest BCUT2D eigenvalue weighted by atomic mass is 15.1. The zero-order valence-electron chi connectivity index (χ0n) is 5.81. The van der Waals surface area contributed by atoms with Crippen LogP contribution in [0, 0.1) is 0 Å². The Labute approximate surface area is 51.3 Å². The van der Waals surface area contributed by atoms with Gasteiger partial charge in [0, 0.05) is 19.8 Å². The van der Waals surface area contributed by atoms with Crippen LogP contribution in [-0.2, 0) is 0 Å². The standard InChI is InChI=1S/C7H13N/c1-5-7(6-2)8(3)4/h5-6H,1H2,2-4H3/b7-6+. The molecule has 1 nitrogen and oxygen atoms in total. The first-order valence-corrected chi connectivity index (χ1v) is 2.68. The van der Waals surface area contributed by atoms with Crippen molar-refractivity contribution in [2.45, 2.75) is 6.92 Å². The van der Waals surface area contributed by atoms with Gasteiger partial charge in [-0.3, -0.25) is 0 Å². The number of nitrogens with zero attached hydrogens (tertiary/aromatic N) is 1. The molecule has 46 valence electrons. The molecule has 0 bridgehead atoms. The van der Waals surface area contributed by atoms with E-state index in [9.17, 15) is 0 Å². The van der Waals surface area contributed by atoms with Crippen LogP contribution < -0.4 is 0 Å². The van der Waals surface area contributed by atoms with E-state index in [4.69, 9.17) is 0 Å². The van der Waals surface area contributed by atoms with Crippen molar-refractivity contribution >= 4 is 0 Å². The van der Waals surface area contributed by atoms with Crippen LogP contribution in [0.25, 0.3) is 0 Å². The summed E-state index contributed by atoms with van der Waals surface area (Å²) in [7, 11) is 3.99. The largest absolute Gasteiger partial charge is 0.378 e. The van der Waals surface area contributed by atoms with Gasteiger partial charge in [0.1, 0.15) is 0 Å².